The molecule has 0 bridgehead atoms. The second kappa shape index (κ2) is 3.82. The standard InChI is InChI=1S/C15H22O3/c1-8-10-4-6-15(3)7-5-11(16)9(2)12(15)13(10)18-14(8)17/h8-10,12-13H,4-7H2,1-3H3/t8-,9-,10-,12+,13+,15-/m0/s1. The van der Waals surface area contributed by atoms with Crippen LogP contribution in [-0.2, 0) is 14.3 Å². The van der Waals surface area contributed by atoms with Gasteiger partial charge in [-0.25, -0.2) is 0 Å². The first-order chi connectivity index (χ1) is 8.44. The fourth-order valence-electron chi connectivity index (χ4n) is 4.62. The molecular weight excluding hydrogens is 228 g/mol. The molecule has 3 fully saturated rings. The van der Waals surface area contributed by atoms with Gasteiger partial charge in [0.25, 0.3) is 0 Å². The van der Waals surface area contributed by atoms with Crippen molar-refractivity contribution in [2.45, 2.75) is 52.6 Å². The van der Waals surface area contributed by atoms with Gasteiger partial charge in [-0.3, -0.25) is 9.59 Å². The Kier molecular flexibility index (Phi) is 2.58. The number of carbonyl (C=O) groups excluding carboxylic acids is 2. The highest BCUT2D eigenvalue weighted by molar-refractivity contribution is 5.82. The number of hydrogen-bond donors (Lipinski definition) is 0. The molecule has 0 amide bonds. The minimum Gasteiger partial charge on any atom is -0.461 e. The molecule has 3 nitrogen and oxygen atoms in total. The van der Waals surface area contributed by atoms with Gasteiger partial charge in [0, 0.05) is 24.2 Å². The molecular formula is C15H22O3. The molecule has 0 aromatic carbocycles. The van der Waals surface area contributed by atoms with Crippen molar-refractivity contribution in [2.24, 2.45) is 29.1 Å². The summed E-state index contributed by atoms with van der Waals surface area (Å²) < 4.78 is 5.64. The minimum atomic E-state index is -0.0560. The molecule has 0 aromatic heterocycles. The van der Waals surface area contributed by atoms with Crippen LogP contribution in [-0.4, -0.2) is 17.9 Å². The maximum atomic E-state index is 12.0. The topological polar surface area (TPSA) is 43.4 Å². The van der Waals surface area contributed by atoms with Crippen LogP contribution < -0.4 is 0 Å². The molecule has 3 aliphatic rings. The predicted molar refractivity (Wildman–Crippen MR) is 66.8 cm³/mol. The van der Waals surface area contributed by atoms with Gasteiger partial charge in [-0.05, 0) is 24.7 Å². The minimum absolute atomic E-state index is 0.00880. The van der Waals surface area contributed by atoms with Gasteiger partial charge in [-0.15, -0.1) is 0 Å². The first-order valence-corrected chi connectivity index (χ1v) is 7.17. The Morgan fingerprint density at radius 2 is 1.89 bits per heavy atom. The summed E-state index contributed by atoms with van der Waals surface area (Å²) in [5.41, 5.74) is 0.193. The van der Waals surface area contributed by atoms with Crippen molar-refractivity contribution >= 4 is 11.8 Å². The highest BCUT2D eigenvalue weighted by atomic mass is 16.6. The third-order valence-electron chi connectivity index (χ3n) is 5.88. The molecule has 2 aliphatic carbocycles. The number of ether oxygens (including phenoxy) is 1. The van der Waals surface area contributed by atoms with Gasteiger partial charge in [-0.1, -0.05) is 20.8 Å². The van der Waals surface area contributed by atoms with Gasteiger partial charge in [0.05, 0.1) is 5.92 Å². The van der Waals surface area contributed by atoms with Crippen molar-refractivity contribution in [1.82, 2.24) is 0 Å². The zero-order valence-electron chi connectivity index (χ0n) is 11.4. The van der Waals surface area contributed by atoms with Crippen molar-refractivity contribution in [2.75, 3.05) is 0 Å². The second-order valence-electron chi connectivity index (χ2n) is 6.83. The fourth-order valence-corrected chi connectivity index (χ4v) is 4.62. The van der Waals surface area contributed by atoms with Crippen molar-refractivity contribution in [3.63, 3.8) is 0 Å². The molecule has 1 saturated heterocycles. The van der Waals surface area contributed by atoms with Crippen LogP contribution in [0.1, 0.15) is 46.5 Å². The lowest BCUT2D eigenvalue weighted by Gasteiger charge is -2.51. The SMILES string of the molecule is C[C@@H]1C(=O)O[C@@H]2[C@H]1CC[C@@]1(C)CCC(=O)[C@H](C)[C@H]21. The van der Waals surface area contributed by atoms with E-state index in [0.717, 1.165) is 19.3 Å². The lowest BCUT2D eigenvalue weighted by atomic mass is 9.53. The van der Waals surface area contributed by atoms with Crippen molar-refractivity contribution in [1.29, 1.82) is 0 Å². The molecule has 18 heavy (non-hydrogen) atoms. The third-order valence-corrected chi connectivity index (χ3v) is 5.88. The molecule has 0 unspecified atom stereocenters. The molecule has 0 spiro atoms. The van der Waals surface area contributed by atoms with Crippen molar-refractivity contribution in [3.8, 4) is 0 Å². The average Bonchev–Trinajstić information content (AvgIpc) is 2.60. The Bertz CT molecular complexity index is 403. The van der Waals surface area contributed by atoms with Crippen LogP contribution in [0, 0.1) is 29.1 Å². The van der Waals surface area contributed by atoms with E-state index < -0.39 is 0 Å². The summed E-state index contributed by atoms with van der Waals surface area (Å²) in [7, 11) is 0. The lowest BCUT2D eigenvalue weighted by molar-refractivity contribution is -0.158. The van der Waals surface area contributed by atoms with Crippen molar-refractivity contribution < 1.29 is 14.3 Å². The summed E-state index contributed by atoms with van der Waals surface area (Å²) in [6.07, 6.45) is 3.87. The van der Waals surface area contributed by atoms with Gasteiger partial charge in [0.1, 0.15) is 11.9 Å². The largest absolute Gasteiger partial charge is 0.461 e. The van der Waals surface area contributed by atoms with Crippen LogP contribution in [0.4, 0.5) is 0 Å². The van der Waals surface area contributed by atoms with Gasteiger partial charge in [0.2, 0.25) is 0 Å². The number of rotatable bonds is 0. The smallest absolute Gasteiger partial charge is 0.309 e. The van der Waals surface area contributed by atoms with E-state index in [1.807, 2.05) is 13.8 Å². The molecule has 0 aromatic rings. The van der Waals surface area contributed by atoms with E-state index in [1.165, 1.54) is 0 Å². The summed E-state index contributed by atoms with van der Waals surface area (Å²) in [4.78, 5) is 23.8. The first kappa shape index (κ1) is 12.2. The Labute approximate surface area is 108 Å². The third kappa shape index (κ3) is 1.49. The Morgan fingerprint density at radius 3 is 2.61 bits per heavy atom. The van der Waals surface area contributed by atoms with E-state index in [0.29, 0.717) is 18.1 Å². The molecule has 0 N–H and O–H groups in total. The normalized spacial score (nSPS) is 51.6. The molecule has 6 atom stereocenters. The number of esters is 1. The highest BCUT2D eigenvalue weighted by Gasteiger charge is 2.58. The molecule has 0 radical (unpaired) electrons. The Morgan fingerprint density at radius 1 is 1.17 bits per heavy atom. The maximum absolute atomic E-state index is 12.0. The van der Waals surface area contributed by atoms with Gasteiger partial charge >= 0.3 is 5.97 Å². The molecule has 3 rings (SSSR count). The quantitative estimate of drug-likeness (QED) is 0.621. The van der Waals surface area contributed by atoms with E-state index in [2.05, 4.69) is 6.92 Å². The molecule has 1 aliphatic heterocycles. The number of ketones is 1. The van der Waals surface area contributed by atoms with E-state index in [4.69, 9.17) is 4.74 Å². The number of fused-ring (bicyclic) bond motifs is 3. The van der Waals surface area contributed by atoms with Crippen LogP contribution in [0.3, 0.4) is 0 Å². The zero-order valence-corrected chi connectivity index (χ0v) is 11.4. The molecule has 1 heterocycles. The van der Waals surface area contributed by atoms with Crippen LogP contribution in [0.15, 0.2) is 0 Å². The summed E-state index contributed by atoms with van der Waals surface area (Å²) in [5.74, 6) is 0.946. The Balaban J connectivity index is 1.96. The first-order valence-electron chi connectivity index (χ1n) is 7.17. The van der Waals surface area contributed by atoms with E-state index in [9.17, 15) is 9.59 Å². The van der Waals surface area contributed by atoms with E-state index in [1.54, 1.807) is 0 Å². The summed E-state index contributed by atoms with van der Waals surface area (Å²) in [6.45, 7) is 6.29. The average molecular weight is 250 g/mol. The highest BCUT2D eigenvalue weighted by Crippen LogP contribution is 2.56. The van der Waals surface area contributed by atoms with Crippen LogP contribution in [0.2, 0.25) is 0 Å². The number of carbonyl (C=O) groups is 2. The Hall–Kier alpha value is -0.860. The summed E-state index contributed by atoms with van der Waals surface area (Å²) in [5, 5.41) is 0. The lowest BCUT2D eigenvalue weighted by Crippen LogP contribution is -2.52. The van der Waals surface area contributed by atoms with Crippen molar-refractivity contribution in [3.05, 3.63) is 0 Å². The summed E-state index contributed by atoms with van der Waals surface area (Å²) in [6, 6.07) is 0. The second-order valence-corrected chi connectivity index (χ2v) is 6.83. The van der Waals surface area contributed by atoms with Crippen LogP contribution in [0.5, 0.6) is 0 Å². The molecule has 2 saturated carbocycles. The molecule has 100 valence electrons. The van der Waals surface area contributed by atoms with Gasteiger partial charge in [-0.2, -0.15) is 0 Å². The number of Topliss-reactive ketones (excluding diaryl/α,β-unsaturated/α-hetero) is 1. The van der Waals surface area contributed by atoms with Crippen LogP contribution >= 0.6 is 0 Å². The molecule has 3 heteroatoms. The van der Waals surface area contributed by atoms with E-state index in [-0.39, 0.29) is 35.2 Å². The predicted octanol–water partition coefficient (Wildman–Crippen LogP) is 2.58. The summed E-state index contributed by atoms with van der Waals surface area (Å²) >= 11 is 0. The van der Waals surface area contributed by atoms with E-state index >= 15 is 0 Å². The van der Waals surface area contributed by atoms with Crippen LogP contribution in [0.25, 0.3) is 0 Å². The fraction of sp³-hybridized carbons (Fsp3) is 0.867. The monoisotopic (exact) mass is 250 g/mol. The number of hydrogen-bond acceptors (Lipinski definition) is 3. The van der Waals surface area contributed by atoms with Gasteiger partial charge in [0.15, 0.2) is 0 Å². The zero-order chi connectivity index (χ0) is 13.1. The van der Waals surface area contributed by atoms with Gasteiger partial charge < -0.3 is 4.74 Å². The maximum Gasteiger partial charge on any atom is 0.309 e.